The molecule has 0 aromatic rings. The molecule has 2 aliphatic rings. The van der Waals surface area contributed by atoms with E-state index >= 15 is 0 Å². The summed E-state index contributed by atoms with van der Waals surface area (Å²) in [5.41, 5.74) is 6.29. The van der Waals surface area contributed by atoms with Crippen LogP contribution in [0.4, 0.5) is 0 Å². The fourth-order valence-electron chi connectivity index (χ4n) is 3.44. The van der Waals surface area contributed by atoms with E-state index in [1.54, 1.807) is 0 Å². The summed E-state index contributed by atoms with van der Waals surface area (Å²) in [6.45, 7) is 13.0. The third kappa shape index (κ3) is 3.03. The molecule has 0 aliphatic carbocycles. The van der Waals surface area contributed by atoms with E-state index in [1.165, 1.54) is 12.3 Å². The molecule has 2 fully saturated rings. The first-order chi connectivity index (χ1) is 8.29. The van der Waals surface area contributed by atoms with Crippen molar-refractivity contribution in [1.82, 2.24) is 4.90 Å². The SMILES string of the molecule is CC1(C)CC(CN)(N2CCSC(C)(C)C2)CCO1. The molecule has 0 bridgehead atoms. The number of hydrogen-bond acceptors (Lipinski definition) is 4. The standard InChI is InChI=1S/C14H28N2OS/c1-12(2)9-14(10-15,5-7-17-12)16-6-8-18-13(3,4)11-16/h5-11,15H2,1-4H3. The van der Waals surface area contributed by atoms with Gasteiger partial charge < -0.3 is 10.5 Å². The van der Waals surface area contributed by atoms with Gasteiger partial charge in [-0.05, 0) is 40.5 Å². The van der Waals surface area contributed by atoms with Crippen LogP contribution in [-0.2, 0) is 4.74 Å². The van der Waals surface area contributed by atoms with E-state index in [0.29, 0.717) is 4.75 Å². The normalized spacial score (nSPS) is 36.5. The first kappa shape index (κ1) is 14.6. The third-order valence-electron chi connectivity index (χ3n) is 4.29. The van der Waals surface area contributed by atoms with Crippen molar-refractivity contribution in [3.8, 4) is 0 Å². The second-order valence-electron chi connectivity index (χ2n) is 6.99. The molecule has 2 rings (SSSR count). The molecule has 0 aromatic carbocycles. The van der Waals surface area contributed by atoms with Crippen molar-refractivity contribution in [3.63, 3.8) is 0 Å². The van der Waals surface area contributed by atoms with Gasteiger partial charge in [0.15, 0.2) is 0 Å². The minimum absolute atomic E-state index is 0.0354. The summed E-state index contributed by atoms with van der Waals surface area (Å²) in [6.07, 6.45) is 2.13. The minimum Gasteiger partial charge on any atom is -0.375 e. The lowest BCUT2D eigenvalue weighted by Crippen LogP contribution is -2.64. The fraction of sp³-hybridized carbons (Fsp3) is 1.00. The summed E-state index contributed by atoms with van der Waals surface area (Å²) in [7, 11) is 0. The summed E-state index contributed by atoms with van der Waals surface area (Å²) in [6, 6.07) is 0. The van der Waals surface area contributed by atoms with Crippen LogP contribution in [0.1, 0.15) is 40.5 Å². The Morgan fingerprint density at radius 2 is 2.00 bits per heavy atom. The van der Waals surface area contributed by atoms with Gasteiger partial charge in [-0.1, -0.05) is 0 Å². The van der Waals surface area contributed by atoms with Gasteiger partial charge in [0.25, 0.3) is 0 Å². The van der Waals surface area contributed by atoms with Crippen LogP contribution in [0.5, 0.6) is 0 Å². The second-order valence-corrected chi connectivity index (χ2v) is 8.80. The first-order valence-corrected chi connectivity index (χ1v) is 8.00. The van der Waals surface area contributed by atoms with Crippen molar-refractivity contribution in [3.05, 3.63) is 0 Å². The third-order valence-corrected chi connectivity index (χ3v) is 5.59. The predicted molar refractivity (Wildman–Crippen MR) is 79.2 cm³/mol. The summed E-state index contributed by atoms with van der Waals surface area (Å²) in [5, 5.41) is 0. The molecule has 4 heteroatoms. The van der Waals surface area contributed by atoms with Gasteiger partial charge in [-0.15, -0.1) is 0 Å². The average molecular weight is 272 g/mol. The Labute approximate surface area is 116 Å². The van der Waals surface area contributed by atoms with Crippen molar-refractivity contribution < 1.29 is 4.74 Å². The zero-order valence-corrected chi connectivity index (χ0v) is 13.1. The quantitative estimate of drug-likeness (QED) is 0.835. The van der Waals surface area contributed by atoms with Crippen LogP contribution in [0.2, 0.25) is 0 Å². The highest BCUT2D eigenvalue weighted by atomic mass is 32.2. The Balaban J connectivity index is 2.16. The number of nitrogens with zero attached hydrogens (tertiary/aromatic N) is 1. The van der Waals surface area contributed by atoms with Gasteiger partial charge in [-0.3, -0.25) is 4.90 Å². The lowest BCUT2D eigenvalue weighted by molar-refractivity contribution is -0.118. The van der Waals surface area contributed by atoms with Gasteiger partial charge in [-0.2, -0.15) is 11.8 Å². The van der Waals surface area contributed by atoms with Crippen LogP contribution in [0, 0.1) is 0 Å². The van der Waals surface area contributed by atoms with Crippen LogP contribution in [-0.4, -0.2) is 52.8 Å². The van der Waals surface area contributed by atoms with Crippen molar-refractivity contribution in [2.75, 3.05) is 32.0 Å². The van der Waals surface area contributed by atoms with E-state index in [0.717, 1.165) is 32.5 Å². The smallest absolute Gasteiger partial charge is 0.0644 e. The lowest BCUT2D eigenvalue weighted by Gasteiger charge is -2.54. The van der Waals surface area contributed by atoms with Crippen molar-refractivity contribution in [1.29, 1.82) is 0 Å². The van der Waals surface area contributed by atoms with Gasteiger partial charge >= 0.3 is 0 Å². The molecule has 0 radical (unpaired) electrons. The monoisotopic (exact) mass is 272 g/mol. The van der Waals surface area contributed by atoms with Crippen molar-refractivity contribution in [2.45, 2.75) is 56.4 Å². The zero-order chi connectivity index (χ0) is 13.4. The van der Waals surface area contributed by atoms with E-state index in [1.807, 2.05) is 0 Å². The molecule has 0 spiro atoms. The van der Waals surface area contributed by atoms with Gasteiger partial charge in [0.2, 0.25) is 0 Å². The van der Waals surface area contributed by atoms with Crippen molar-refractivity contribution >= 4 is 11.8 Å². The summed E-state index contributed by atoms with van der Waals surface area (Å²) < 4.78 is 6.23. The topological polar surface area (TPSA) is 38.5 Å². The van der Waals surface area contributed by atoms with Crippen LogP contribution in [0.15, 0.2) is 0 Å². The molecule has 18 heavy (non-hydrogen) atoms. The molecule has 106 valence electrons. The maximum absolute atomic E-state index is 6.17. The van der Waals surface area contributed by atoms with E-state index in [-0.39, 0.29) is 11.1 Å². The Kier molecular flexibility index (Phi) is 4.04. The van der Waals surface area contributed by atoms with Crippen LogP contribution < -0.4 is 5.73 Å². The largest absolute Gasteiger partial charge is 0.375 e. The van der Waals surface area contributed by atoms with E-state index < -0.39 is 0 Å². The molecule has 1 atom stereocenters. The Bertz CT molecular complexity index is 306. The summed E-state index contributed by atoms with van der Waals surface area (Å²) in [5.74, 6) is 1.22. The molecular weight excluding hydrogens is 244 g/mol. The zero-order valence-electron chi connectivity index (χ0n) is 12.3. The molecule has 0 saturated carbocycles. The maximum Gasteiger partial charge on any atom is 0.0644 e. The van der Waals surface area contributed by atoms with Crippen molar-refractivity contribution in [2.24, 2.45) is 5.73 Å². The van der Waals surface area contributed by atoms with E-state index in [2.05, 4.69) is 44.4 Å². The van der Waals surface area contributed by atoms with Crippen LogP contribution in [0.25, 0.3) is 0 Å². The first-order valence-electron chi connectivity index (χ1n) is 7.02. The highest BCUT2D eigenvalue weighted by Crippen LogP contribution is 2.40. The van der Waals surface area contributed by atoms with Gasteiger partial charge in [0.1, 0.15) is 0 Å². The van der Waals surface area contributed by atoms with Crippen LogP contribution >= 0.6 is 11.8 Å². The molecule has 1 unspecified atom stereocenters. The average Bonchev–Trinajstić information content (AvgIpc) is 2.26. The van der Waals surface area contributed by atoms with E-state index in [9.17, 15) is 0 Å². The molecule has 2 aliphatic heterocycles. The van der Waals surface area contributed by atoms with Crippen LogP contribution in [0.3, 0.4) is 0 Å². The molecule has 2 saturated heterocycles. The molecule has 2 heterocycles. The number of thioether (sulfide) groups is 1. The Hall–Kier alpha value is 0.230. The number of rotatable bonds is 2. The van der Waals surface area contributed by atoms with E-state index in [4.69, 9.17) is 10.5 Å². The van der Waals surface area contributed by atoms with Gasteiger partial charge in [0, 0.05) is 42.3 Å². The molecule has 0 amide bonds. The Morgan fingerprint density at radius 3 is 2.56 bits per heavy atom. The minimum atomic E-state index is -0.0354. The molecular formula is C14H28N2OS. The number of ether oxygens (including phenoxy) is 1. The molecule has 0 aromatic heterocycles. The predicted octanol–water partition coefficient (Wildman–Crippen LogP) is 2.10. The maximum atomic E-state index is 6.17. The highest BCUT2D eigenvalue weighted by Gasteiger charge is 2.46. The summed E-state index contributed by atoms with van der Waals surface area (Å²) in [4.78, 5) is 2.65. The number of hydrogen-bond donors (Lipinski definition) is 1. The number of nitrogens with two attached hydrogens (primary N) is 1. The second kappa shape index (κ2) is 4.97. The Morgan fingerprint density at radius 1 is 1.28 bits per heavy atom. The van der Waals surface area contributed by atoms with Gasteiger partial charge in [0.05, 0.1) is 5.60 Å². The molecule has 2 N–H and O–H groups in total. The highest BCUT2D eigenvalue weighted by molar-refractivity contribution is 8.00. The van der Waals surface area contributed by atoms with Gasteiger partial charge in [-0.25, -0.2) is 0 Å². The lowest BCUT2D eigenvalue weighted by atomic mass is 9.79. The molecule has 3 nitrogen and oxygen atoms in total. The summed E-state index contributed by atoms with van der Waals surface area (Å²) >= 11 is 2.08. The fourth-order valence-corrected chi connectivity index (χ4v) is 4.56.